The van der Waals surface area contributed by atoms with Crippen molar-refractivity contribution >= 4 is 0 Å². The third-order valence-corrected chi connectivity index (χ3v) is 3.38. The van der Waals surface area contributed by atoms with E-state index in [1.165, 1.54) is 12.1 Å². The molecule has 1 aliphatic rings. The van der Waals surface area contributed by atoms with Gasteiger partial charge in [-0.15, -0.1) is 0 Å². The molecule has 0 aliphatic carbocycles. The fourth-order valence-corrected chi connectivity index (χ4v) is 2.40. The molecule has 0 amide bonds. The summed E-state index contributed by atoms with van der Waals surface area (Å²) in [5.41, 5.74) is 2.94. The smallest absolute Gasteiger partial charge is 0.123 e. The summed E-state index contributed by atoms with van der Waals surface area (Å²) in [6, 6.07) is 12.2. The van der Waals surface area contributed by atoms with Gasteiger partial charge in [0.15, 0.2) is 0 Å². The first-order chi connectivity index (χ1) is 9.28. The van der Waals surface area contributed by atoms with Crippen LogP contribution in [0.2, 0.25) is 0 Å². The highest BCUT2D eigenvalue weighted by Gasteiger charge is 2.25. The maximum absolute atomic E-state index is 12.9. The third-order valence-electron chi connectivity index (χ3n) is 3.38. The van der Waals surface area contributed by atoms with Crippen molar-refractivity contribution in [3.8, 4) is 5.75 Å². The Hall–Kier alpha value is -2.23. The number of hydrogen-bond acceptors (Lipinski definition) is 3. The van der Waals surface area contributed by atoms with E-state index in [1.807, 2.05) is 18.2 Å². The van der Waals surface area contributed by atoms with Gasteiger partial charge in [0.05, 0.1) is 6.61 Å². The Balaban J connectivity index is 1.93. The first-order valence-corrected chi connectivity index (χ1v) is 6.08. The number of nitrogens with zero attached hydrogens (tertiary/aromatic N) is 1. The van der Waals surface area contributed by atoms with Gasteiger partial charge >= 0.3 is 0 Å². The Labute approximate surface area is 110 Å². The van der Waals surface area contributed by atoms with Crippen LogP contribution in [0.4, 0.5) is 4.39 Å². The standard InChI is InChI=1S/C15H12FNO2/c16-12-4-2-11(3-5-12)14-9-19-15-7-10(8-17-18)1-6-13(14)15/h1-7,14H,8-9H2. The van der Waals surface area contributed by atoms with Crippen molar-refractivity contribution in [2.75, 3.05) is 6.61 Å². The van der Waals surface area contributed by atoms with Gasteiger partial charge in [-0.2, -0.15) is 4.91 Å². The Morgan fingerprint density at radius 2 is 2.00 bits per heavy atom. The van der Waals surface area contributed by atoms with Crippen LogP contribution in [-0.4, -0.2) is 6.61 Å². The fraction of sp³-hybridized carbons (Fsp3) is 0.200. The molecule has 0 saturated heterocycles. The van der Waals surface area contributed by atoms with Crippen molar-refractivity contribution in [1.82, 2.24) is 0 Å². The third kappa shape index (κ3) is 2.21. The molecule has 1 aliphatic heterocycles. The SMILES string of the molecule is O=NCc1ccc2c(c1)OCC2c1ccc(F)cc1. The fourth-order valence-electron chi connectivity index (χ4n) is 2.40. The van der Waals surface area contributed by atoms with Gasteiger partial charge in [0.25, 0.3) is 0 Å². The molecule has 1 heterocycles. The Morgan fingerprint density at radius 1 is 1.21 bits per heavy atom. The summed E-state index contributed by atoms with van der Waals surface area (Å²) in [5.74, 6) is 0.666. The van der Waals surface area contributed by atoms with Gasteiger partial charge < -0.3 is 4.74 Å². The lowest BCUT2D eigenvalue weighted by atomic mass is 9.92. The predicted molar refractivity (Wildman–Crippen MR) is 69.7 cm³/mol. The molecule has 96 valence electrons. The van der Waals surface area contributed by atoms with Crippen LogP contribution < -0.4 is 4.74 Å². The molecule has 4 heteroatoms. The molecule has 3 nitrogen and oxygen atoms in total. The first-order valence-electron chi connectivity index (χ1n) is 6.08. The molecule has 1 unspecified atom stereocenters. The number of benzene rings is 2. The second-order valence-electron chi connectivity index (χ2n) is 4.57. The molecular weight excluding hydrogens is 245 g/mol. The summed E-state index contributed by atoms with van der Waals surface area (Å²) in [6.07, 6.45) is 0. The summed E-state index contributed by atoms with van der Waals surface area (Å²) in [4.78, 5) is 10.3. The van der Waals surface area contributed by atoms with Gasteiger partial charge in [-0.25, -0.2) is 4.39 Å². The number of hydrogen-bond donors (Lipinski definition) is 0. The zero-order valence-corrected chi connectivity index (χ0v) is 10.2. The second kappa shape index (κ2) is 4.80. The van der Waals surface area contributed by atoms with Gasteiger partial charge in [0.1, 0.15) is 18.1 Å². The maximum atomic E-state index is 12.9. The summed E-state index contributed by atoms with van der Waals surface area (Å²) < 4.78 is 18.6. The highest BCUT2D eigenvalue weighted by atomic mass is 19.1. The summed E-state index contributed by atoms with van der Waals surface area (Å²) in [6.45, 7) is 0.691. The van der Waals surface area contributed by atoms with Crippen molar-refractivity contribution in [3.63, 3.8) is 0 Å². The molecule has 0 saturated carbocycles. The van der Waals surface area contributed by atoms with E-state index in [0.717, 1.165) is 22.4 Å². The lowest BCUT2D eigenvalue weighted by molar-refractivity contribution is 0.343. The van der Waals surface area contributed by atoms with E-state index in [2.05, 4.69) is 5.18 Å². The van der Waals surface area contributed by atoms with Crippen molar-refractivity contribution < 1.29 is 9.13 Å². The van der Waals surface area contributed by atoms with Gasteiger partial charge in [0, 0.05) is 11.5 Å². The topological polar surface area (TPSA) is 38.7 Å². The maximum Gasteiger partial charge on any atom is 0.123 e. The second-order valence-corrected chi connectivity index (χ2v) is 4.57. The molecule has 0 bridgehead atoms. The monoisotopic (exact) mass is 257 g/mol. The van der Waals surface area contributed by atoms with E-state index in [1.54, 1.807) is 12.1 Å². The normalized spacial score (nSPS) is 16.8. The zero-order valence-electron chi connectivity index (χ0n) is 10.2. The highest BCUT2D eigenvalue weighted by Crippen LogP contribution is 2.38. The number of halogens is 1. The number of rotatable bonds is 3. The molecule has 3 rings (SSSR count). The molecule has 2 aromatic carbocycles. The van der Waals surface area contributed by atoms with Crippen LogP contribution in [0.15, 0.2) is 47.6 Å². The Bertz CT molecular complexity index is 610. The van der Waals surface area contributed by atoms with Crippen LogP contribution in [0.1, 0.15) is 22.6 Å². The van der Waals surface area contributed by atoms with Crippen LogP contribution in [-0.2, 0) is 6.54 Å². The zero-order chi connectivity index (χ0) is 13.2. The number of ether oxygens (including phenoxy) is 1. The van der Waals surface area contributed by atoms with Crippen LogP contribution in [0.25, 0.3) is 0 Å². The largest absolute Gasteiger partial charge is 0.492 e. The highest BCUT2D eigenvalue weighted by molar-refractivity contribution is 5.47. The van der Waals surface area contributed by atoms with E-state index >= 15 is 0 Å². The molecule has 0 aromatic heterocycles. The van der Waals surface area contributed by atoms with E-state index in [-0.39, 0.29) is 18.3 Å². The lowest BCUT2D eigenvalue weighted by Crippen LogP contribution is -2.02. The van der Waals surface area contributed by atoms with Crippen LogP contribution in [0, 0.1) is 10.7 Å². The average molecular weight is 257 g/mol. The summed E-state index contributed by atoms with van der Waals surface area (Å²) in [7, 11) is 0. The van der Waals surface area contributed by atoms with E-state index in [0.29, 0.717) is 6.61 Å². The average Bonchev–Trinajstić information content (AvgIpc) is 2.83. The van der Waals surface area contributed by atoms with Gasteiger partial charge in [-0.1, -0.05) is 29.4 Å². The first kappa shape index (κ1) is 11.8. The van der Waals surface area contributed by atoms with Crippen LogP contribution >= 0.6 is 0 Å². The van der Waals surface area contributed by atoms with Gasteiger partial charge in [-0.3, -0.25) is 0 Å². The van der Waals surface area contributed by atoms with Crippen LogP contribution in [0.5, 0.6) is 5.75 Å². The van der Waals surface area contributed by atoms with Crippen LogP contribution in [0.3, 0.4) is 0 Å². The van der Waals surface area contributed by atoms with E-state index < -0.39 is 0 Å². The Morgan fingerprint density at radius 3 is 2.74 bits per heavy atom. The molecule has 2 aromatic rings. The molecule has 19 heavy (non-hydrogen) atoms. The molecule has 1 atom stereocenters. The molecular formula is C15H12FNO2. The molecule has 0 fully saturated rings. The number of fused-ring (bicyclic) bond motifs is 1. The predicted octanol–water partition coefficient (Wildman–Crippen LogP) is 3.62. The minimum atomic E-state index is -0.240. The molecule has 0 radical (unpaired) electrons. The van der Waals surface area contributed by atoms with Crippen molar-refractivity contribution in [1.29, 1.82) is 0 Å². The van der Waals surface area contributed by atoms with Gasteiger partial charge in [0.2, 0.25) is 0 Å². The summed E-state index contributed by atoms with van der Waals surface area (Å²) in [5, 5.41) is 2.87. The summed E-state index contributed by atoms with van der Waals surface area (Å²) >= 11 is 0. The molecule has 0 N–H and O–H groups in total. The van der Waals surface area contributed by atoms with Gasteiger partial charge in [-0.05, 0) is 29.3 Å². The lowest BCUT2D eigenvalue weighted by Gasteiger charge is -2.09. The quantitative estimate of drug-likeness (QED) is 0.788. The van der Waals surface area contributed by atoms with Crippen molar-refractivity contribution in [3.05, 3.63) is 69.9 Å². The minimum absolute atomic E-state index is 0.119. The van der Waals surface area contributed by atoms with E-state index in [9.17, 15) is 9.30 Å². The molecule has 0 spiro atoms. The number of nitroso groups, excluding NO2 is 1. The van der Waals surface area contributed by atoms with Crippen molar-refractivity contribution in [2.45, 2.75) is 12.5 Å². The minimum Gasteiger partial charge on any atom is -0.492 e. The van der Waals surface area contributed by atoms with Crippen molar-refractivity contribution in [2.24, 2.45) is 5.18 Å². The Kier molecular flexibility index (Phi) is 2.99. The van der Waals surface area contributed by atoms with E-state index in [4.69, 9.17) is 4.74 Å².